The molecule has 4 rings (SSSR count). The van der Waals surface area contributed by atoms with Gasteiger partial charge in [-0.1, -0.05) is 35.0 Å². The average Bonchev–Trinajstić information content (AvgIpc) is 3.15. The van der Waals surface area contributed by atoms with Crippen molar-refractivity contribution in [3.05, 3.63) is 95.1 Å². The highest BCUT2D eigenvalue weighted by Crippen LogP contribution is 2.26. The van der Waals surface area contributed by atoms with Gasteiger partial charge in [-0.3, -0.25) is 4.79 Å². The first-order chi connectivity index (χ1) is 15.0. The Kier molecular flexibility index (Phi) is 5.75. The van der Waals surface area contributed by atoms with Crippen LogP contribution in [0.25, 0.3) is 11.3 Å². The monoisotopic (exact) mass is 417 g/mol. The van der Waals surface area contributed by atoms with Crippen LogP contribution in [0.5, 0.6) is 5.88 Å². The molecule has 0 spiro atoms. The zero-order chi connectivity index (χ0) is 21.8. The molecule has 0 unspecified atom stereocenters. The molecular formula is C24H20FN3O3. The molecule has 1 N–H and O–H groups in total. The van der Waals surface area contributed by atoms with E-state index in [-0.39, 0.29) is 18.3 Å². The lowest BCUT2D eigenvalue weighted by Crippen LogP contribution is -2.12. The second-order valence-corrected chi connectivity index (χ2v) is 7.07. The number of hydrogen-bond acceptors (Lipinski definition) is 5. The quantitative estimate of drug-likeness (QED) is 0.459. The maximum atomic E-state index is 13.0. The topological polar surface area (TPSA) is 77.2 Å². The van der Waals surface area contributed by atoms with E-state index in [9.17, 15) is 9.18 Å². The fraction of sp³-hybridized carbons (Fsp3) is 0.125. The van der Waals surface area contributed by atoms with Crippen LogP contribution in [0, 0.1) is 19.7 Å². The van der Waals surface area contributed by atoms with Crippen LogP contribution in [0.15, 0.2) is 71.4 Å². The number of hydrogen-bond donors (Lipinski definition) is 1. The lowest BCUT2D eigenvalue weighted by atomic mass is 10.1. The number of carbonyl (C=O) groups excluding carboxylic acids is 1. The molecule has 0 atom stereocenters. The average molecular weight is 417 g/mol. The number of nitrogens with one attached hydrogen (secondary N) is 1. The van der Waals surface area contributed by atoms with Crippen molar-refractivity contribution < 1.29 is 18.4 Å². The van der Waals surface area contributed by atoms with E-state index in [1.165, 1.54) is 30.5 Å². The normalized spacial score (nSPS) is 10.7. The highest BCUT2D eigenvalue weighted by molar-refractivity contribution is 6.04. The third kappa shape index (κ3) is 4.78. The summed E-state index contributed by atoms with van der Waals surface area (Å²) in [6.45, 7) is 4.09. The van der Waals surface area contributed by atoms with Gasteiger partial charge >= 0.3 is 0 Å². The molecule has 4 aromatic rings. The summed E-state index contributed by atoms with van der Waals surface area (Å²) < 4.78 is 24.1. The second kappa shape index (κ2) is 8.79. The largest absolute Gasteiger partial charge is 0.473 e. The molecule has 31 heavy (non-hydrogen) atoms. The summed E-state index contributed by atoms with van der Waals surface area (Å²) in [4.78, 5) is 16.5. The number of amides is 1. The van der Waals surface area contributed by atoms with Gasteiger partial charge in [-0.25, -0.2) is 9.37 Å². The molecule has 0 bridgehead atoms. The fourth-order valence-electron chi connectivity index (χ4n) is 2.98. The Balaban J connectivity index is 1.42. The van der Waals surface area contributed by atoms with Gasteiger partial charge in [0, 0.05) is 23.5 Å². The van der Waals surface area contributed by atoms with Crippen molar-refractivity contribution in [3.8, 4) is 17.1 Å². The van der Waals surface area contributed by atoms with Crippen LogP contribution in [0.4, 0.5) is 10.1 Å². The van der Waals surface area contributed by atoms with E-state index in [4.69, 9.17) is 9.26 Å². The van der Waals surface area contributed by atoms with E-state index in [0.717, 1.165) is 22.4 Å². The van der Waals surface area contributed by atoms with Crippen LogP contribution in [-0.4, -0.2) is 16.0 Å². The summed E-state index contributed by atoms with van der Waals surface area (Å²) in [6.07, 6.45) is 1.43. The summed E-state index contributed by atoms with van der Waals surface area (Å²) in [7, 11) is 0. The number of rotatable bonds is 6. The van der Waals surface area contributed by atoms with Gasteiger partial charge in [0.1, 0.15) is 23.9 Å². The molecular weight excluding hydrogens is 397 g/mol. The Bertz CT molecular complexity index is 1180. The molecule has 0 radical (unpaired) electrons. The third-order valence-corrected chi connectivity index (χ3v) is 4.77. The number of aromatic nitrogens is 2. The number of aryl methyl sites for hydroxylation is 2. The van der Waals surface area contributed by atoms with Crippen molar-refractivity contribution in [1.82, 2.24) is 10.1 Å². The van der Waals surface area contributed by atoms with E-state index < -0.39 is 0 Å². The predicted octanol–water partition coefficient (Wildman–Crippen LogP) is 5.32. The molecule has 0 aliphatic heterocycles. The van der Waals surface area contributed by atoms with Gasteiger partial charge in [0.15, 0.2) is 0 Å². The molecule has 2 aromatic heterocycles. The summed E-state index contributed by atoms with van der Waals surface area (Å²) >= 11 is 0. The smallest absolute Gasteiger partial charge is 0.257 e. The maximum Gasteiger partial charge on any atom is 0.257 e. The Morgan fingerprint density at radius 2 is 1.77 bits per heavy atom. The minimum Gasteiger partial charge on any atom is -0.473 e. The van der Waals surface area contributed by atoms with Crippen molar-refractivity contribution in [3.63, 3.8) is 0 Å². The van der Waals surface area contributed by atoms with Gasteiger partial charge in [0.2, 0.25) is 5.88 Å². The number of anilines is 1. The molecule has 6 nitrogen and oxygen atoms in total. The van der Waals surface area contributed by atoms with Crippen molar-refractivity contribution in [2.24, 2.45) is 0 Å². The number of pyridine rings is 1. The van der Waals surface area contributed by atoms with Gasteiger partial charge in [-0.2, -0.15) is 0 Å². The van der Waals surface area contributed by atoms with Gasteiger partial charge < -0.3 is 14.6 Å². The number of carbonyl (C=O) groups is 1. The fourth-order valence-corrected chi connectivity index (χ4v) is 2.98. The van der Waals surface area contributed by atoms with E-state index in [0.29, 0.717) is 22.9 Å². The van der Waals surface area contributed by atoms with E-state index in [1.807, 2.05) is 38.1 Å². The molecule has 0 saturated carbocycles. The van der Waals surface area contributed by atoms with Crippen molar-refractivity contribution in [1.29, 1.82) is 0 Å². The van der Waals surface area contributed by atoms with Crippen molar-refractivity contribution >= 4 is 11.6 Å². The van der Waals surface area contributed by atoms with Crippen LogP contribution >= 0.6 is 0 Å². The van der Waals surface area contributed by atoms with Crippen LogP contribution in [0.2, 0.25) is 0 Å². The predicted molar refractivity (Wildman–Crippen MR) is 114 cm³/mol. The van der Waals surface area contributed by atoms with E-state index >= 15 is 0 Å². The SMILES string of the molecule is Cc1ccc(-c2noc(C)c2COc2ccc(C(=O)Nc3ccc(F)cc3)cn2)cc1. The molecule has 2 heterocycles. The molecule has 0 aliphatic rings. The summed E-state index contributed by atoms with van der Waals surface area (Å²) in [5.41, 5.74) is 4.53. The van der Waals surface area contributed by atoms with Crippen LogP contribution < -0.4 is 10.1 Å². The maximum absolute atomic E-state index is 13.0. The minimum atomic E-state index is -0.366. The first-order valence-electron chi connectivity index (χ1n) is 9.67. The molecule has 1 amide bonds. The van der Waals surface area contributed by atoms with E-state index in [1.54, 1.807) is 12.1 Å². The zero-order valence-corrected chi connectivity index (χ0v) is 17.1. The molecule has 0 fully saturated rings. The Hall–Kier alpha value is -4.00. The number of nitrogens with zero attached hydrogens (tertiary/aromatic N) is 2. The Labute approximate surface area is 178 Å². The summed E-state index contributed by atoms with van der Waals surface area (Å²) in [5.74, 6) is 0.330. The lowest BCUT2D eigenvalue weighted by Gasteiger charge is -2.08. The van der Waals surface area contributed by atoms with Crippen molar-refractivity contribution in [2.45, 2.75) is 20.5 Å². The lowest BCUT2D eigenvalue weighted by molar-refractivity contribution is 0.102. The number of benzene rings is 2. The van der Waals surface area contributed by atoms with Crippen LogP contribution in [0.3, 0.4) is 0 Å². The molecule has 2 aromatic carbocycles. The molecule has 7 heteroatoms. The van der Waals surface area contributed by atoms with Crippen LogP contribution in [0.1, 0.15) is 27.2 Å². The van der Waals surface area contributed by atoms with Crippen LogP contribution in [-0.2, 0) is 6.61 Å². The van der Waals surface area contributed by atoms with Gasteiger partial charge in [0.25, 0.3) is 5.91 Å². The van der Waals surface area contributed by atoms with Gasteiger partial charge in [0.05, 0.1) is 11.1 Å². The second-order valence-electron chi connectivity index (χ2n) is 7.07. The number of halogens is 1. The van der Waals surface area contributed by atoms with Gasteiger partial charge in [-0.15, -0.1) is 0 Å². The highest BCUT2D eigenvalue weighted by atomic mass is 19.1. The zero-order valence-electron chi connectivity index (χ0n) is 17.1. The van der Waals surface area contributed by atoms with E-state index in [2.05, 4.69) is 15.5 Å². The Morgan fingerprint density at radius 3 is 2.45 bits per heavy atom. The highest BCUT2D eigenvalue weighted by Gasteiger charge is 2.16. The first kappa shape index (κ1) is 20.3. The molecule has 156 valence electrons. The van der Waals surface area contributed by atoms with Gasteiger partial charge in [-0.05, 0) is 44.2 Å². The standard InChI is InChI=1S/C24H20FN3O3/c1-15-3-5-17(6-4-15)23-21(16(2)31-28-23)14-30-22-12-7-18(13-26-22)24(29)27-20-10-8-19(25)9-11-20/h3-13H,14H2,1-2H3,(H,27,29). The molecule has 0 aliphatic carbocycles. The third-order valence-electron chi connectivity index (χ3n) is 4.77. The first-order valence-corrected chi connectivity index (χ1v) is 9.67. The summed E-state index contributed by atoms with van der Waals surface area (Å²) in [6, 6.07) is 16.8. The summed E-state index contributed by atoms with van der Waals surface area (Å²) in [5, 5.41) is 6.85. The Morgan fingerprint density at radius 1 is 1.03 bits per heavy atom. The molecule has 0 saturated heterocycles. The minimum absolute atomic E-state index is 0.229. The van der Waals surface area contributed by atoms with Crippen molar-refractivity contribution in [2.75, 3.05) is 5.32 Å². The number of ether oxygens (including phenoxy) is 1.